The van der Waals surface area contributed by atoms with Crippen molar-refractivity contribution in [3.05, 3.63) is 41.3 Å². The molecule has 1 N–H and O–H groups in total. The molecule has 0 spiro atoms. The van der Waals surface area contributed by atoms with Gasteiger partial charge in [0.1, 0.15) is 11.6 Å². The molecule has 0 saturated carbocycles. The Hall–Kier alpha value is -2.18. The molecule has 24 heavy (non-hydrogen) atoms. The van der Waals surface area contributed by atoms with E-state index in [1.165, 1.54) is 0 Å². The summed E-state index contributed by atoms with van der Waals surface area (Å²) >= 11 is 6.32. The molecule has 0 unspecified atom stereocenters. The zero-order valence-electron chi connectivity index (χ0n) is 14.1. The Balaban J connectivity index is 2.06. The van der Waals surface area contributed by atoms with Gasteiger partial charge in [-0.3, -0.25) is 0 Å². The van der Waals surface area contributed by atoms with Gasteiger partial charge in [-0.2, -0.15) is 5.10 Å². The first-order valence-electron chi connectivity index (χ1n) is 7.98. The van der Waals surface area contributed by atoms with Gasteiger partial charge in [-0.1, -0.05) is 30.7 Å². The minimum Gasteiger partial charge on any atom is -0.368 e. The first-order valence-corrected chi connectivity index (χ1v) is 8.36. The van der Waals surface area contributed by atoms with Crippen molar-refractivity contribution in [3.8, 4) is 5.69 Å². The third-order valence-corrected chi connectivity index (χ3v) is 4.04. The Morgan fingerprint density at radius 2 is 2.00 bits per heavy atom. The van der Waals surface area contributed by atoms with Gasteiger partial charge in [-0.05, 0) is 26.2 Å². The molecule has 0 amide bonds. The number of para-hydroxylation sites is 1. The van der Waals surface area contributed by atoms with Crippen LogP contribution in [0.25, 0.3) is 16.7 Å². The van der Waals surface area contributed by atoms with Crippen molar-refractivity contribution in [2.24, 2.45) is 0 Å². The Labute approximate surface area is 146 Å². The molecule has 3 rings (SSSR count). The van der Waals surface area contributed by atoms with Gasteiger partial charge in [0.05, 0.1) is 22.3 Å². The molecule has 6 nitrogen and oxygen atoms in total. The van der Waals surface area contributed by atoms with E-state index >= 15 is 0 Å². The van der Waals surface area contributed by atoms with Gasteiger partial charge in [-0.15, -0.1) is 0 Å². The van der Waals surface area contributed by atoms with Gasteiger partial charge < -0.3 is 10.2 Å². The number of rotatable bonds is 6. The molecule has 2 heterocycles. The van der Waals surface area contributed by atoms with Crippen LogP contribution in [-0.4, -0.2) is 51.8 Å². The molecule has 1 aromatic carbocycles. The minimum absolute atomic E-state index is 0.640. The van der Waals surface area contributed by atoms with Crippen molar-refractivity contribution in [3.63, 3.8) is 0 Å². The first-order chi connectivity index (χ1) is 11.6. The van der Waals surface area contributed by atoms with E-state index in [1.807, 2.05) is 45.3 Å². The fourth-order valence-electron chi connectivity index (χ4n) is 2.44. The predicted octanol–water partition coefficient (Wildman–Crippen LogP) is 3.00. The summed E-state index contributed by atoms with van der Waals surface area (Å²) in [5, 5.41) is 9.41. The molecule has 0 fully saturated rings. The summed E-state index contributed by atoms with van der Waals surface area (Å²) in [5.41, 5.74) is 1.58. The molecule has 0 atom stereocenters. The molecule has 0 bridgehead atoms. The largest absolute Gasteiger partial charge is 0.368 e. The summed E-state index contributed by atoms with van der Waals surface area (Å²) in [6.07, 6.45) is 2.54. The Bertz CT molecular complexity index is 842. The number of benzene rings is 1. The summed E-state index contributed by atoms with van der Waals surface area (Å²) in [5.74, 6) is 1.60. The van der Waals surface area contributed by atoms with E-state index in [0.29, 0.717) is 5.02 Å². The Kier molecular flexibility index (Phi) is 4.97. The molecule has 3 aromatic rings. The average Bonchev–Trinajstić information content (AvgIpc) is 2.98. The lowest BCUT2D eigenvalue weighted by atomic mass is 10.3. The van der Waals surface area contributed by atoms with E-state index in [1.54, 1.807) is 10.9 Å². The van der Waals surface area contributed by atoms with Crippen molar-refractivity contribution in [2.75, 3.05) is 32.5 Å². The number of hydrogen-bond donors (Lipinski definition) is 1. The molecule has 0 saturated heterocycles. The maximum Gasteiger partial charge on any atom is 0.168 e. The number of likely N-dealkylation sites (N-methyl/N-ethyl adjacent to an activating group) is 1. The molecule has 0 radical (unpaired) electrons. The topological polar surface area (TPSA) is 58.9 Å². The normalized spacial score (nSPS) is 11.4. The van der Waals surface area contributed by atoms with Crippen molar-refractivity contribution in [2.45, 2.75) is 13.3 Å². The predicted molar refractivity (Wildman–Crippen MR) is 98.1 cm³/mol. The van der Waals surface area contributed by atoms with Crippen LogP contribution in [0.3, 0.4) is 0 Å². The van der Waals surface area contributed by atoms with E-state index in [0.717, 1.165) is 47.9 Å². The molecular formula is C17H21ClN6. The second-order valence-electron chi connectivity index (χ2n) is 5.82. The lowest BCUT2D eigenvalue weighted by Gasteiger charge is -2.12. The van der Waals surface area contributed by atoms with Gasteiger partial charge in [0.2, 0.25) is 0 Å². The highest BCUT2D eigenvalue weighted by Crippen LogP contribution is 2.26. The molecule has 2 aromatic heterocycles. The highest BCUT2D eigenvalue weighted by molar-refractivity contribution is 6.32. The maximum atomic E-state index is 6.32. The van der Waals surface area contributed by atoms with E-state index in [2.05, 4.69) is 25.3 Å². The van der Waals surface area contributed by atoms with Crippen LogP contribution in [0, 0.1) is 0 Å². The first kappa shape index (κ1) is 16.7. The molecule has 126 valence electrons. The zero-order chi connectivity index (χ0) is 17.1. The number of nitrogens with zero attached hydrogens (tertiary/aromatic N) is 5. The van der Waals surface area contributed by atoms with Crippen LogP contribution in [0.5, 0.6) is 0 Å². The zero-order valence-corrected chi connectivity index (χ0v) is 14.9. The number of aryl methyl sites for hydroxylation is 1. The lowest BCUT2D eigenvalue weighted by molar-refractivity contribution is 0.425. The average molecular weight is 345 g/mol. The summed E-state index contributed by atoms with van der Waals surface area (Å²) in [6.45, 7) is 3.77. The van der Waals surface area contributed by atoms with Crippen LogP contribution >= 0.6 is 11.6 Å². The third kappa shape index (κ3) is 3.34. The van der Waals surface area contributed by atoms with Gasteiger partial charge >= 0.3 is 0 Å². The molecule has 7 heteroatoms. The summed E-state index contributed by atoms with van der Waals surface area (Å²) in [4.78, 5) is 11.4. The maximum absolute atomic E-state index is 6.32. The van der Waals surface area contributed by atoms with Crippen molar-refractivity contribution < 1.29 is 0 Å². The summed E-state index contributed by atoms with van der Waals surface area (Å²) in [7, 11) is 4.09. The summed E-state index contributed by atoms with van der Waals surface area (Å²) < 4.78 is 1.77. The molecular weight excluding hydrogens is 324 g/mol. The smallest absolute Gasteiger partial charge is 0.168 e. The highest BCUT2D eigenvalue weighted by Gasteiger charge is 2.14. The van der Waals surface area contributed by atoms with E-state index in [4.69, 9.17) is 11.6 Å². The third-order valence-electron chi connectivity index (χ3n) is 3.72. The highest BCUT2D eigenvalue weighted by atomic mass is 35.5. The Morgan fingerprint density at radius 1 is 1.21 bits per heavy atom. The lowest BCUT2D eigenvalue weighted by Crippen LogP contribution is -2.21. The van der Waals surface area contributed by atoms with E-state index < -0.39 is 0 Å². The fourth-order valence-corrected chi connectivity index (χ4v) is 2.66. The van der Waals surface area contributed by atoms with Crippen LogP contribution in [-0.2, 0) is 6.42 Å². The quantitative estimate of drug-likeness (QED) is 0.745. The van der Waals surface area contributed by atoms with Crippen LogP contribution < -0.4 is 5.32 Å². The SMILES string of the molecule is CCc1nc(NCCN(C)C)c2cnn(-c3ccccc3Cl)c2n1. The van der Waals surface area contributed by atoms with Gasteiger partial charge in [0.15, 0.2) is 5.65 Å². The monoisotopic (exact) mass is 344 g/mol. The van der Waals surface area contributed by atoms with E-state index in [9.17, 15) is 0 Å². The number of anilines is 1. The number of fused-ring (bicyclic) bond motifs is 1. The minimum atomic E-state index is 0.640. The second kappa shape index (κ2) is 7.15. The van der Waals surface area contributed by atoms with Crippen LogP contribution in [0.15, 0.2) is 30.5 Å². The van der Waals surface area contributed by atoms with Gasteiger partial charge in [0, 0.05) is 19.5 Å². The second-order valence-corrected chi connectivity index (χ2v) is 6.22. The van der Waals surface area contributed by atoms with Crippen LogP contribution in [0.1, 0.15) is 12.7 Å². The van der Waals surface area contributed by atoms with Crippen molar-refractivity contribution in [1.29, 1.82) is 0 Å². The number of aromatic nitrogens is 4. The molecule has 0 aliphatic heterocycles. The van der Waals surface area contributed by atoms with Crippen molar-refractivity contribution in [1.82, 2.24) is 24.6 Å². The van der Waals surface area contributed by atoms with E-state index in [-0.39, 0.29) is 0 Å². The number of hydrogen-bond acceptors (Lipinski definition) is 5. The fraction of sp³-hybridized carbons (Fsp3) is 0.353. The molecule has 0 aliphatic carbocycles. The number of halogens is 1. The summed E-state index contributed by atoms with van der Waals surface area (Å²) in [6, 6.07) is 7.62. The van der Waals surface area contributed by atoms with Crippen molar-refractivity contribution >= 4 is 28.5 Å². The standard InChI is InChI=1S/C17H21ClN6/c1-4-15-21-16(19-9-10-23(2)3)12-11-20-24(17(12)22-15)14-8-6-5-7-13(14)18/h5-8,11H,4,9-10H2,1-3H3,(H,19,21,22). The van der Waals surface area contributed by atoms with Gasteiger partial charge in [0.25, 0.3) is 0 Å². The number of nitrogens with one attached hydrogen (secondary N) is 1. The molecule has 0 aliphatic rings. The Morgan fingerprint density at radius 3 is 2.71 bits per heavy atom. The van der Waals surface area contributed by atoms with Crippen LogP contribution in [0.4, 0.5) is 5.82 Å². The van der Waals surface area contributed by atoms with Crippen LogP contribution in [0.2, 0.25) is 5.02 Å². The van der Waals surface area contributed by atoms with Gasteiger partial charge in [-0.25, -0.2) is 14.6 Å².